The van der Waals surface area contributed by atoms with Crippen LogP contribution in [0.3, 0.4) is 0 Å². The maximum absolute atomic E-state index is 14.1. The predicted molar refractivity (Wildman–Crippen MR) is 121 cm³/mol. The maximum atomic E-state index is 14.1. The van der Waals surface area contributed by atoms with Gasteiger partial charge in [-0.1, -0.05) is 42.1 Å². The summed E-state index contributed by atoms with van der Waals surface area (Å²) in [7, 11) is 0. The molecular formula is C25H23F3N4O2. The number of unbranched alkanes of at least 4 members (excludes halogenated alkanes) is 1. The number of nitrogens with zero attached hydrogens (tertiary/aromatic N) is 4. The number of oxazole rings is 1. The van der Waals surface area contributed by atoms with Crippen LogP contribution in [0, 0.1) is 0 Å². The van der Waals surface area contributed by atoms with Crippen LogP contribution in [0.2, 0.25) is 0 Å². The van der Waals surface area contributed by atoms with Gasteiger partial charge in [0.25, 0.3) is 0 Å². The standard InChI is InChI=1S/C25H23F3N4O2/c1-2-19-8-9-20(24(25(26,27)28)23(19)22-16-33-17-29-22)15-34-21-10-6-18(7-11-21)5-3-4-13-32-14-12-30-31-32/h2,6-12,14,16-17H,1,3-5,13,15H2. The lowest BCUT2D eigenvalue weighted by molar-refractivity contribution is -0.138. The number of benzene rings is 2. The van der Waals surface area contributed by atoms with E-state index in [2.05, 4.69) is 21.9 Å². The van der Waals surface area contributed by atoms with Crippen molar-refractivity contribution in [2.75, 3.05) is 0 Å². The number of aryl methyl sites for hydroxylation is 2. The van der Waals surface area contributed by atoms with Crippen molar-refractivity contribution in [3.05, 3.63) is 90.3 Å². The van der Waals surface area contributed by atoms with Crippen LogP contribution in [0.15, 0.2) is 72.4 Å². The summed E-state index contributed by atoms with van der Waals surface area (Å²) in [5, 5.41) is 7.71. The Kier molecular flexibility index (Phi) is 7.10. The van der Waals surface area contributed by atoms with Gasteiger partial charge in [0, 0.05) is 23.9 Å². The van der Waals surface area contributed by atoms with Gasteiger partial charge < -0.3 is 9.15 Å². The predicted octanol–water partition coefficient (Wildman–Crippen LogP) is 6.20. The lowest BCUT2D eigenvalue weighted by Gasteiger charge is -2.19. The summed E-state index contributed by atoms with van der Waals surface area (Å²) in [5.74, 6) is 0.496. The molecule has 0 saturated heterocycles. The van der Waals surface area contributed by atoms with Gasteiger partial charge in [0.05, 0.1) is 11.8 Å². The van der Waals surface area contributed by atoms with E-state index in [-0.39, 0.29) is 23.4 Å². The van der Waals surface area contributed by atoms with E-state index in [1.54, 1.807) is 29.1 Å². The maximum Gasteiger partial charge on any atom is 0.417 e. The summed E-state index contributed by atoms with van der Waals surface area (Å²) in [6.07, 6.45) is 5.36. The van der Waals surface area contributed by atoms with Crippen molar-refractivity contribution >= 4 is 6.08 Å². The van der Waals surface area contributed by atoms with Crippen LogP contribution in [0.1, 0.15) is 35.1 Å². The fourth-order valence-electron chi connectivity index (χ4n) is 3.76. The molecule has 4 aromatic rings. The third kappa shape index (κ3) is 5.54. The molecule has 0 saturated carbocycles. The van der Waals surface area contributed by atoms with Crippen molar-refractivity contribution in [3.8, 4) is 17.0 Å². The Bertz CT molecular complexity index is 1200. The zero-order valence-electron chi connectivity index (χ0n) is 18.3. The van der Waals surface area contributed by atoms with Gasteiger partial charge in [-0.2, -0.15) is 13.2 Å². The molecule has 0 aliphatic rings. The molecule has 34 heavy (non-hydrogen) atoms. The van der Waals surface area contributed by atoms with E-state index in [0.717, 1.165) is 37.8 Å². The molecule has 0 radical (unpaired) electrons. The second-order valence-electron chi connectivity index (χ2n) is 7.70. The van der Waals surface area contributed by atoms with Crippen molar-refractivity contribution in [2.24, 2.45) is 0 Å². The first-order valence-electron chi connectivity index (χ1n) is 10.8. The third-order valence-electron chi connectivity index (χ3n) is 5.41. The topological polar surface area (TPSA) is 66.0 Å². The Morgan fingerprint density at radius 2 is 1.91 bits per heavy atom. The Labute approximate surface area is 194 Å². The van der Waals surface area contributed by atoms with Gasteiger partial charge in [0.1, 0.15) is 24.3 Å². The van der Waals surface area contributed by atoms with Crippen LogP contribution in [-0.4, -0.2) is 20.0 Å². The fraction of sp³-hybridized carbons (Fsp3) is 0.240. The largest absolute Gasteiger partial charge is 0.489 e. The second kappa shape index (κ2) is 10.4. The van der Waals surface area contributed by atoms with Crippen LogP contribution in [0.4, 0.5) is 13.2 Å². The van der Waals surface area contributed by atoms with E-state index in [1.807, 2.05) is 18.3 Å². The average molecular weight is 468 g/mol. The number of hydrogen-bond donors (Lipinski definition) is 0. The molecule has 0 N–H and O–H groups in total. The molecule has 2 aromatic heterocycles. The molecule has 2 aromatic carbocycles. The second-order valence-corrected chi connectivity index (χ2v) is 7.70. The summed E-state index contributed by atoms with van der Waals surface area (Å²) in [5.41, 5.74) is 0.677. The van der Waals surface area contributed by atoms with Gasteiger partial charge in [0.15, 0.2) is 6.39 Å². The van der Waals surface area contributed by atoms with Gasteiger partial charge in [-0.25, -0.2) is 4.98 Å². The zero-order valence-corrected chi connectivity index (χ0v) is 18.3. The summed E-state index contributed by atoms with van der Waals surface area (Å²) in [4.78, 5) is 3.92. The van der Waals surface area contributed by atoms with Crippen LogP contribution in [-0.2, 0) is 25.7 Å². The van der Waals surface area contributed by atoms with Crippen molar-refractivity contribution in [2.45, 2.75) is 38.6 Å². The smallest absolute Gasteiger partial charge is 0.417 e. The summed E-state index contributed by atoms with van der Waals surface area (Å²) < 4.78 is 54.7. The van der Waals surface area contributed by atoms with Crippen molar-refractivity contribution in [1.82, 2.24) is 20.0 Å². The molecular weight excluding hydrogens is 445 g/mol. The number of alkyl halides is 3. The minimum Gasteiger partial charge on any atom is -0.489 e. The van der Waals surface area contributed by atoms with Crippen LogP contribution in [0.5, 0.6) is 5.75 Å². The summed E-state index contributed by atoms with van der Waals surface area (Å²) >= 11 is 0. The SMILES string of the molecule is C=Cc1ccc(COc2ccc(CCCCn3ccnn3)cc2)c(C(F)(F)F)c1-c1cocn1. The lowest BCUT2D eigenvalue weighted by atomic mass is 9.93. The van der Waals surface area contributed by atoms with E-state index in [4.69, 9.17) is 9.15 Å². The zero-order chi connectivity index (χ0) is 24.0. The van der Waals surface area contributed by atoms with Gasteiger partial charge >= 0.3 is 6.18 Å². The molecule has 2 heterocycles. The van der Waals surface area contributed by atoms with Crippen molar-refractivity contribution in [1.29, 1.82) is 0 Å². The van der Waals surface area contributed by atoms with Crippen LogP contribution in [0.25, 0.3) is 17.3 Å². The number of halogens is 3. The normalized spacial score (nSPS) is 11.5. The Balaban J connectivity index is 1.44. The van der Waals surface area contributed by atoms with E-state index in [1.165, 1.54) is 18.4 Å². The fourth-order valence-corrected chi connectivity index (χ4v) is 3.76. The molecule has 0 amide bonds. The highest BCUT2D eigenvalue weighted by Gasteiger charge is 2.38. The lowest BCUT2D eigenvalue weighted by Crippen LogP contribution is -2.14. The van der Waals surface area contributed by atoms with Gasteiger partial charge in [-0.15, -0.1) is 5.10 Å². The molecule has 9 heteroatoms. The third-order valence-corrected chi connectivity index (χ3v) is 5.41. The quantitative estimate of drug-likeness (QED) is 0.259. The Morgan fingerprint density at radius 1 is 1.09 bits per heavy atom. The Morgan fingerprint density at radius 3 is 2.56 bits per heavy atom. The molecule has 0 fully saturated rings. The molecule has 4 rings (SSSR count). The minimum absolute atomic E-state index is 0.00767. The number of rotatable bonds is 10. The van der Waals surface area contributed by atoms with Crippen molar-refractivity contribution < 1.29 is 22.3 Å². The molecule has 0 bridgehead atoms. The molecule has 176 valence electrons. The number of aromatic nitrogens is 4. The van der Waals surface area contributed by atoms with Gasteiger partial charge in [0.2, 0.25) is 0 Å². The number of ether oxygens (including phenoxy) is 1. The van der Waals surface area contributed by atoms with Crippen LogP contribution < -0.4 is 4.74 Å². The van der Waals surface area contributed by atoms with E-state index in [0.29, 0.717) is 11.3 Å². The molecule has 0 aliphatic heterocycles. The highest BCUT2D eigenvalue weighted by molar-refractivity contribution is 5.76. The first-order valence-corrected chi connectivity index (χ1v) is 10.8. The first kappa shape index (κ1) is 23.3. The Hall–Kier alpha value is -3.88. The highest BCUT2D eigenvalue weighted by atomic mass is 19.4. The molecule has 0 spiro atoms. The van der Waals surface area contributed by atoms with Crippen molar-refractivity contribution in [3.63, 3.8) is 0 Å². The average Bonchev–Trinajstić information content (AvgIpc) is 3.54. The molecule has 0 unspecified atom stereocenters. The molecule has 6 nitrogen and oxygen atoms in total. The first-order chi connectivity index (χ1) is 16.5. The van der Waals surface area contributed by atoms with Crippen LogP contribution >= 0.6 is 0 Å². The summed E-state index contributed by atoms with van der Waals surface area (Å²) in [6, 6.07) is 10.4. The molecule has 0 aliphatic carbocycles. The monoisotopic (exact) mass is 468 g/mol. The summed E-state index contributed by atoms with van der Waals surface area (Å²) in [6.45, 7) is 4.20. The highest BCUT2D eigenvalue weighted by Crippen LogP contribution is 2.41. The van der Waals surface area contributed by atoms with E-state index >= 15 is 0 Å². The van der Waals surface area contributed by atoms with E-state index < -0.39 is 11.7 Å². The van der Waals surface area contributed by atoms with Gasteiger partial charge in [-0.05, 0) is 42.5 Å². The number of hydrogen-bond acceptors (Lipinski definition) is 5. The van der Waals surface area contributed by atoms with Gasteiger partial charge in [-0.3, -0.25) is 4.68 Å². The molecule has 0 atom stereocenters. The van der Waals surface area contributed by atoms with E-state index in [9.17, 15) is 13.2 Å². The minimum atomic E-state index is -4.61.